The second-order valence-electron chi connectivity index (χ2n) is 6.08. The molecule has 1 aliphatic rings. The number of aromatic nitrogens is 1. The highest BCUT2D eigenvalue weighted by molar-refractivity contribution is 6.16. The minimum Gasteiger partial charge on any atom is -0.436 e. The number of hydrogen-bond donors (Lipinski definition) is 1. The standard InChI is InChI=1S/C20H13F3N2O.CH3NO/c1-12-6-8-13(9-7-12)18-14-4-2-3-5-16(14)26-19-15(24-18)10-11-17(25-19)20(21,22)23;2-1-3/h2-11H,1H3;1H,(H2,2,3). The van der Waals surface area contributed by atoms with Gasteiger partial charge in [-0.05, 0) is 31.2 Å². The van der Waals surface area contributed by atoms with Crippen LogP contribution in [-0.2, 0) is 11.0 Å². The number of aryl methyl sites for hydroxylation is 1. The van der Waals surface area contributed by atoms with Gasteiger partial charge >= 0.3 is 6.18 Å². The fraction of sp³-hybridized carbons (Fsp3) is 0.0952. The number of carbonyl (C=O) groups is 1. The zero-order chi connectivity index (χ0) is 21.0. The van der Waals surface area contributed by atoms with E-state index in [0.717, 1.165) is 17.2 Å². The molecule has 0 atom stereocenters. The molecular weight excluding hydrogens is 383 g/mol. The van der Waals surface area contributed by atoms with Crippen LogP contribution >= 0.6 is 0 Å². The van der Waals surface area contributed by atoms with Gasteiger partial charge in [-0.15, -0.1) is 0 Å². The second kappa shape index (κ2) is 8.14. The van der Waals surface area contributed by atoms with Crippen LogP contribution in [0.4, 0.5) is 18.9 Å². The molecule has 2 N–H and O–H groups in total. The number of hydrogen-bond acceptors (Lipinski definition) is 4. The van der Waals surface area contributed by atoms with Crippen molar-refractivity contribution in [1.29, 1.82) is 0 Å². The lowest BCUT2D eigenvalue weighted by atomic mass is 10.0. The molecule has 0 aliphatic carbocycles. The zero-order valence-corrected chi connectivity index (χ0v) is 15.3. The largest absolute Gasteiger partial charge is 0.436 e. The van der Waals surface area contributed by atoms with Gasteiger partial charge in [0.1, 0.15) is 17.1 Å². The Morgan fingerprint density at radius 1 is 1.00 bits per heavy atom. The quantitative estimate of drug-likeness (QED) is 0.468. The van der Waals surface area contributed by atoms with E-state index in [1.165, 1.54) is 6.07 Å². The van der Waals surface area contributed by atoms with E-state index in [0.29, 0.717) is 17.0 Å². The second-order valence-corrected chi connectivity index (χ2v) is 6.08. The van der Waals surface area contributed by atoms with E-state index in [1.54, 1.807) is 12.1 Å². The molecule has 0 bridgehead atoms. The van der Waals surface area contributed by atoms with Gasteiger partial charge in [-0.1, -0.05) is 42.0 Å². The molecule has 8 heteroatoms. The highest BCUT2D eigenvalue weighted by Gasteiger charge is 2.34. The Bertz CT molecular complexity index is 1060. The van der Waals surface area contributed by atoms with Crippen molar-refractivity contribution < 1.29 is 22.7 Å². The maximum atomic E-state index is 13.0. The van der Waals surface area contributed by atoms with E-state index in [9.17, 15) is 13.2 Å². The van der Waals surface area contributed by atoms with Gasteiger partial charge in [0.25, 0.3) is 0 Å². The molecular formula is C21H16F3N3O2. The van der Waals surface area contributed by atoms with Gasteiger partial charge in [-0.25, -0.2) is 9.98 Å². The van der Waals surface area contributed by atoms with E-state index >= 15 is 0 Å². The van der Waals surface area contributed by atoms with Crippen molar-refractivity contribution in [3.8, 4) is 11.6 Å². The minimum absolute atomic E-state index is 0.158. The minimum atomic E-state index is -4.55. The van der Waals surface area contributed by atoms with Crippen LogP contribution in [0, 0.1) is 6.92 Å². The van der Waals surface area contributed by atoms with Crippen LogP contribution in [0.2, 0.25) is 0 Å². The summed E-state index contributed by atoms with van der Waals surface area (Å²) in [6.07, 6.45) is -4.30. The number of aliphatic imine (C=N–C) groups is 1. The number of benzene rings is 2. The highest BCUT2D eigenvalue weighted by Crippen LogP contribution is 2.39. The van der Waals surface area contributed by atoms with E-state index < -0.39 is 11.9 Å². The first-order valence-corrected chi connectivity index (χ1v) is 8.50. The normalized spacial score (nSPS) is 12.2. The molecule has 1 amide bonds. The number of pyridine rings is 1. The average Bonchev–Trinajstić information content (AvgIpc) is 2.84. The molecule has 2 aromatic carbocycles. The Morgan fingerprint density at radius 2 is 1.66 bits per heavy atom. The number of carbonyl (C=O) groups excluding carboxylic acids is 1. The monoisotopic (exact) mass is 399 g/mol. The van der Waals surface area contributed by atoms with Crippen LogP contribution in [0.25, 0.3) is 0 Å². The van der Waals surface area contributed by atoms with E-state index in [1.807, 2.05) is 43.3 Å². The van der Waals surface area contributed by atoms with Crippen LogP contribution < -0.4 is 10.5 Å². The number of nitrogens with two attached hydrogens (primary N) is 1. The number of para-hydroxylation sites is 1. The van der Waals surface area contributed by atoms with Crippen molar-refractivity contribution in [2.45, 2.75) is 13.1 Å². The molecule has 0 unspecified atom stereocenters. The molecule has 3 aromatic rings. The molecule has 0 fully saturated rings. The highest BCUT2D eigenvalue weighted by atomic mass is 19.4. The lowest BCUT2D eigenvalue weighted by Gasteiger charge is -2.10. The predicted molar refractivity (Wildman–Crippen MR) is 102 cm³/mol. The Balaban J connectivity index is 0.000000755. The van der Waals surface area contributed by atoms with Gasteiger partial charge < -0.3 is 10.5 Å². The van der Waals surface area contributed by atoms with Gasteiger partial charge in [0, 0.05) is 11.1 Å². The molecule has 0 saturated heterocycles. The first-order valence-electron chi connectivity index (χ1n) is 8.50. The third kappa shape index (κ3) is 4.43. The number of fused-ring (bicyclic) bond motifs is 2. The van der Waals surface area contributed by atoms with Crippen molar-refractivity contribution in [2.24, 2.45) is 10.7 Å². The lowest BCUT2D eigenvalue weighted by molar-refractivity contribution is -0.141. The van der Waals surface area contributed by atoms with Gasteiger partial charge in [0.15, 0.2) is 0 Å². The Morgan fingerprint density at radius 3 is 2.31 bits per heavy atom. The summed E-state index contributed by atoms with van der Waals surface area (Å²) in [7, 11) is 0. The van der Waals surface area contributed by atoms with Crippen molar-refractivity contribution in [1.82, 2.24) is 4.98 Å². The van der Waals surface area contributed by atoms with Crippen LogP contribution in [0.15, 0.2) is 65.7 Å². The van der Waals surface area contributed by atoms with Crippen LogP contribution in [-0.4, -0.2) is 17.1 Å². The van der Waals surface area contributed by atoms with Crippen molar-refractivity contribution in [3.05, 3.63) is 83.0 Å². The molecule has 1 aliphatic heterocycles. The predicted octanol–water partition coefficient (Wildman–Crippen LogP) is 4.79. The molecule has 29 heavy (non-hydrogen) atoms. The molecule has 0 saturated carbocycles. The number of alkyl halides is 3. The van der Waals surface area contributed by atoms with Gasteiger partial charge in [-0.2, -0.15) is 13.2 Å². The summed E-state index contributed by atoms with van der Waals surface area (Å²) < 4.78 is 44.6. The van der Waals surface area contributed by atoms with Crippen LogP contribution in [0.1, 0.15) is 22.4 Å². The van der Waals surface area contributed by atoms with Crippen molar-refractivity contribution in [2.75, 3.05) is 0 Å². The first-order chi connectivity index (χ1) is 13.8. The molecule has 0 radical (unpaired) electrons. The van der Waals surface area contributed by atoms with E-state index in [2.05, 4.69) is 15.7 Å². The van der Waals surface area contributed by atoms with Crippen molar-refractivity contribution in [3.63, 3.8) is 0 Å². The van der Waals surface area contributed by atoms with Gasteiger partial charge in [0.05, 0.1) is 5.71 Å². The fourth-order valence-corrected chi connectivity index (χ4v) is 2.72. The van der Waals surface area contributed by atoms with Crippen LogP contribution in [0.3, 0.4) is 0 Å². The zero-order valence-electron chi connectivity index (χ0n) is 15.3. The molecule has 5 nitrogen and oxygen atoms in total. The van der Waals surface area contributed by atoms with Crippen LogP contribution in [0.5, 0.6) is 11.6 Å². The summed E-state index contributed by atoms with van der Waals surface area (Å²) in [6, 6.07) is 17.1. The molecule has 148 valence electrons. The number of amides is 1. The summed E-state index contributed by atoms with van der Waals surface area (Å²) in [6.45, 7) is 1.98. The maximum absolute atomic E-state index is 13.0. The Labute approximate surface area is 164 Å². The fourth-order valence-electron chi connectivity index (χ4n) is 2.72. The van der Waals surface area contributed by atoms with Gasteiger partial charge in [-0.3, -0.25) is 4.79 Å². The topological polar surface area (TPSA) is 77.6 Å². The molecule has 0 spiro atoms. The first kappa shape index (κ1) is 20.1. The smallest absolute Gasteiger partial charge is 0.433 e. The maximum Gasteiger partial charge on any atom is 0.433 e. The number of ether oxygens (including phenoxy) is 1. The summed E-state index contributed by atoms with van der Waals surface area (Å²) in [5.41, 5.74) is 6.68. The summed E-state index contributed by atoms with van der Waals surface area (Å²) in [4.78, 5) is 16.8. The SMILES string of the molecule is Cc1ccc(C2=Nc3ccc(C(F)(F)F)nc3Oc3ccccc32)cc1.NC=O. The van der Waals surface area contributed by atoms with Crippen molar-refractivity contribution >= 4 is 17.8 Å². The van der Waals surface area contributed by atoms with E-state index in [-0.39, 0.29) is 18.0 Å². The number of nitrogens with zero attached hydrogens (tertiary/aromatic N) is 2. The third-order valence-corrected chi connectivity index (χ3v) is 4.04. The summed E-state index contributed by atoms with van der Waals surface area (Å²) >= 11 is 0. The number of halogens is 3. The average molecular weight is 399 g/mol. The number of primary amides is 1. The molecule has 1 aromatic heterocycles. The molecule has 4 rings (SSSR count). The van der Waals surface area contributed by atoms with E-state index in [4.69, 9.17) is 9.53 Å². The molecule has 2 heterocycles. The van der Waals surface area contributed by atoms with Gasteiger partial charge in [0.2, 0.25) is 12.3 Å². The Hall–Kier alpha value is -3.68. The Kier molecular flexibility index (Phi) is 5.63. The third-order valence-electron chi connectivity index (χ3n) is 4.04. The lowest BCUT2D eigenvalue weighted by Crippen LogP contribution is -2.08. The number of rotatable bonds is 1. The summed E-state index contributed by atoms with van der Waals surface area (Å²) in [5.74, 6) is 0.256. The summed E-state index contributed by atoms with van der Waals surface area (Å²) in [5, 5.41) is 0.